The highest BCUT2D eigenvalue weighted by Crippen LogP contribution is 2.37. The molecule has 2 aliphatic heterocycles. The lowest BCUT2D eigenvalue weighted by molar-refractivity contribution is 0.0968. The number of benzene rings is 2. The van der Waals surface area contributed by atoms with E-state index in [0.717, 1.165) is 67.4 Å². The third-order valence-electron chi connectivity index (χ3n) is 8.58. The van der Waals surface area contributed by atoms with E-state index in [4.69, 9.17) is 9.97 Å². The molecule has 6 rings (SSSR count). The molecule has 6 nitrogen and oxygen atoms in total. The molecule has 0 bridgehead atoms. The van der Waals surface area contributed by atoms with Crippen molar-refractivity contribution in [2.24, 2.45) is 5.92 Å². The largest absolute Gasteiger partial charge is 0.393 e. The molecule has 2 aromatic heterocycles. The lowest BCUT2D eigenvalue weighted by Gasteiger charge is -2.39. The summed E-state index contributed by atoms with van der Waals surface area (Å²) in [7, 11) is 0. The number of nitrogens with one attached hydrogen (secondary N) is 1. The maximum absolute atomic E-state index is 10.5. The van der Waals surface area contributed by atoms with Crippen molar-refractivity contribution in [3.05, 3.63) is 70.5 Å². The Hall–Kier alpha value is -3.38. The Labute approximate surface area is 225 Å². The second-order valence-corrected chi connectivity index (χ2v) is 11.6. The van der Waals surface area contributed by atoms with Gasteiger partial charge in [0.1, 0.15) is 5.82 Å². The Kier molecular flexibility index (Phi) is 6.39. The normalized spacial score (nSPS) is 19.9. The van der Waals surface area contributed by atoms with Crippen molar-refractivity contribution in [2.75, 3.05) is 29.4 Å². The number of aliphatic hydroxyl groups is 1. The van der Waals surface area contributed by atoms with E-state index in [1.165, 1.54) is 33.3 Å². The quantitative estimate of drug-likeness (QED) is 0.346. The van der Waals surface area contributed by atoms with Crippen LogP contribution in [0.4, 0.5) is 11.5 Å². The Morgan fingerprint density at radius 1 is 1.03 bits per heavy atom. The summed E-state index contributed by atoms with van der Waals surface area (Å²) in [5.74, 6) is 2.54. The number of aliphatic hydroxyl groups excluding tert-OH is 1. The fourth-order valence-electron chi connectivity index (χ4n) is 6.18. The molecule has 1 saturated heterocycles. The molecule has 0 spiro atoms. The third kappa shape index (κ3) is 4.35. The van der Waals surface area contributed by atoms with Crippen LogP contribution < -0.4 is 9.80 Å². The second-order valence-electron chi connectivity index (χ2n) is 11.6. The molecule has 0 amide bonds. The van der Waals surface area contributed by atoms with E-state index in [2.05, 4.69) is 92.0 Å². The van der Waals surface area contributed by atoms with E-state index < -0.39 is 0 Å². The third-order valence-corrected chi connectivity index (χ3v) is 8.58. The lowest BCUT2D eigenvalue weighted by Crippen LogP contribution is -2.44. The molecular formula is C32H39N5O. The number of nitrogens with zero attached hydrogens (tertiary/aromatic N) is 4. The number of piperidine rings is 1. The predicted octanol–water partition coefficient (Wildman–Crippen LogP) is 6.13. The minimum atomic E-state index is -0.252. The number of aryl methyl sites for hydroxylation is 2. The summed E-state index contributed by atoms with van der Waals surface area (Å²) < 4.78 is 0. The van der Waals surface area contributed by atoms with Gasteiger partial charge < -0.3 is 19.9 Å². The summed E-state index contributed by atoms with van der Waals surface area (Å²) >= 11 is 0. The van der Waals surface area contributed by atoms with E-state index in [1.807, 2.05) is 0 Å². The lowest BCUT2D eigenvalue weighted by atomic mass is 9.95. The standard InChI is InChI=1S/C32H39N5O/c1-19(2)23-10-9-20(3)28(15-23)36-13-11-26-25(18-36)32(37-14-12-29(38)22(5)17-37)35-31(34-26)24-7-6-8-27-30(24)21(4)16-33-27/h6-10,15-16,19,22,29,33,38H,11-14,17-18H2,1-5H3. The maximum Gasteiger partial charge on any atom is 0.162 e. The van der Waals surface area contributed by atoms with Crippen LogP contribution in [0.15, 0.2) is 42.6 Å². The van der Waals surface area contributed by atoms with Gasteiger partial charge in [0.15, 0.2) is 5.82 Å². The van der Waals surface area contributed by atoms with Gasteiger partial charge in [-0.1, -0.05) is 45.0 Å². The van der Waals surface area contributed by atoms with Gasteiger partial charge in [-0.3, -0.25) is 0 Å². The number of aromatic amines is 1. The molecule has 2 aliphatic rings. The number of aromatic nitrogens is 3. The predicted molar refractivity (Wildman–Crippen MR) is 156 cm³/mol. The average Bonchev–Trinajstić information content (AvgIpc) is 3.30. The second kappa shape index (κ2) is 9.73. The van der Waals surface area contributed by atoms with Crippen LogP contribution in [0.3, 0.4) is 0 Å². The summed E-state index contributed by atoms with van der Waals surface area (Å²) in [4.78, 5) is 18.8. The van der Waals surface area contributed by atoms with Crippen LogP contribution in [0.5, 0.6) is 0 Å². The highest BCUT2D eigenvalue weighted by molar-refractivity contribution is 5.96. The van der Waals surface area contributed by atoms with Crippen LogP contribution >= 0.6 is 0 Å². The Morgan fingerprint density at radius 2 is 1.87 bits per heavy atom. The van der Waals surface area contributed by atoms with Gasteiger partial charge in [-0.25, -0.2) is 9.97 Å². The van der Waals surface area contributed by atoms with Crippen LogP contribution in [-0.2, 0) is 13.0 Å². The Morgan fingerprint density at radius 3 is 2.66 bits per heavy atom. The number of hydrogen-bond donors (Lipinski definition) is 2. The Balaban J connectivity index is 1.46. The molecular weight excluding hydrogens is 470 g/mol. The average molecular weight is 510 g/mol. The van der Waals surface area contributed by atoms with E-state index in [-0.39, 0.29) is 12.0 Å². The van der Waals surface area contributed by atoms with Gasteiger partial charge in [0, 0.05) is 66.5 Å². The van der Waals surface area contributed by atoms with Crippen molar-refractivity contribution < 1.29 is 5.11 Å². The van der Waals surface area contributed by atoms with E-state index in [0.29, 0.717) is 5.92 Å². The van der Waals surface area contributed by atoms with Gasteiger partial charge in [0.05, 0.1) is 11.8 Å². The molecule has 6 heteroatoms. The molecule has 0 aliphatic carbocycles. The first-order valence-electron chi connectivity index (χ1n) is 14.1. The molecule has 38 heavy (non-hydrogen) atoms. The minimum Gasteiger partial charge on any atom is -0.393 e. The van der Waals surface area contributed by atoms with Gasteiger partial charge in [0.2, 0.25) is 0 Å². The van der Waals surface area contributed by atoms with Gasteiger partial charge in [-0.15, -0.1) is 0 Å². The first kappa shape index (κ1) is 24.9. The molecule has 4 heterocycles. The van der Waals surface area contributed by atoms with Crippen LogP contribution in [-0.4, -0.2) is 45.8 Å². The highest BCUT2D eigenvalue weighted by Gasteiger charge is 2.31. The highest BCUT2D eigenvalue weighted by atomic mass is 16.3. The molecule has 1 fully saturated rings. The molecule has 4 aromatic rings. The van der Waals surface area contributed by atoms with Gasteiger partial charge in [-0.05, 0) is 60.9 Å². The SMILES string of the molecule is Cc1ccc(C(C)C)cc1N1CCc2nc(-c3cccc4[nH]cc(C)c34)nc(N3CCC(O)C(C)C3)c2C1. The van der Waals surface area contributed by atoms with Crippen molar-refractivity contribution >= 4 is 22.4 Å². The topological polar surface area (TPSA) is 68.3 Å². The van der Waals surface area contributed by atoms with Crippen LogP contribution in [0.1, 0.15) is 61.1 Å². The first-order chi connectivity index (χ1) is 18.3. The maximum atomic E-state index is 10.5. The minimum absolute atomic E-state index is 0.206. The fourth-order valence-corrected chi connectivity index (χ4v) is 6.18. The smallest absolute Gasteiger partial charge is 0.162 e. The number of rotatable bonds is 4. The monoisotopic (exact) mass is 509 g/mol. The molecule has 2 unspecified atom stereocenters. The molecule has 0 saturated carbocycles. The summed E-state index contributed by atoms with van der Waals surface area (Å²) in [6, 6.07) is 13.2. The van der Waals surface area contributed by atoms with Gasteiger partial charge >= 0.3 is 0 Å². The zero-order chi connectivity index (χ0) is 26.6. The Bertz CT molecular complexity index is 1490. The van der Waals surface area contributed by atoms with Crippen molar-refractivity contribution in [3.8, 4) is 11.4 Å². The zero-order valence-corrected chi connectivity index (χ0v) is 23.3. The number of fused-ring (bicyclic) bond motifs is 2. The zero-order valence-electron chi connectivity index (χ0n) is 23.3. The van der Waals surface area contributed by atoms with Crippen LogP contribution in [0, 0.1) is 19.8 Å². The van der Waals surface area contributed by atoms with Crippen molar-refractivity contribution in [1.29, 1.82) is 0 Å². The van der Waals surface area contributed by atoms with Crippen molar-refractivity contribution in [1.82, 2.24) is 15.0 Å². The van der Waals surface area contributed by atoms with Gasteiger partial charge in [0.25, 0.3) is 0 Å². The van der Waals surface area contributed by atoms with Gasteiger partial charge in [-0.2, -0.15) is 0 Å². The van der Waals surface area contributed by atoms with Crippen molar-refractivity contribution in [3.63, 3.8) is 0 Å². The molecule has 198 valence electrons. The molecule has 2 atom stereocenters. The molecule has 0 radical (unpaired) electrons. The fraction of sp³-hybridized carbons (Fsp3) is 0.438. The van der Waals surface area contributed by atoms with Crippen LogP contribution in [0.2, 0.25) is 0 Å². The summed E-state index contributed by atoms with van der Waals surface area (Å²) in [5.41, 5.74) is 9.78. The van der Waals surface area contributed by atoms with E-state index in [1.54, 1.807) is 0 Å². The number of anilines is 2. The first-order valence-corrected chi connectivity index (χ1v) is 14.1. The van der Waals surface area contributed by atoms with E-state index >= 15 is 0 Å². The summed E-state index contributed by atoms with van der Waals surface area (Å²) in [5, 5.41) is 11.7. The van der Waals surface area contributed by atoms with Crippen LogP contribution in [0.25, 0.3) is 22.3 Å². The molecule has 2 N–H and O–H groups in total. The van der Waals surface area contributed by atoms with E-state index in [9.17, 15) is 5.11 Å². The van der Waals surface area contributed by atoms with Crippen molar-refractivity contribution in [2.45, 2.75) is 66.0 Å². The summed E-state index contributed by atoms with van der Waals surface area (Å²) in [6.45, 7) is 14.4. The number of H-pyrrole nitrogens is 1. The summed E-state index contributed by atoms with van der Waals surface area (Å²) in [6.07, 6.45) is 3.46. The molecule has 2 aromatic carbocycles. The number of hydrogen-bond acceptors (Lipinski definition) is 5.